The fourth-order valence-corrected chi connectivity index (χ4v) is 1.61. The van der Waals surface area contributed by atoms with Crippen molar-refractivity contribution >= 4 is 0 Å². The number of nitrogens with zero attached hydrogens (tertiary/aromatic N) is 1. The predicted molar refractivity (Wildman–Crippen MR) is 76.4 cm³/mol. The average molecular weight is 278 g/mol. The van der Waals surface area contributed by atoms with Gasteiger partial charge in [-0.25, -0.2) is 0 Å². The van der Waals surface area contributed by atoms with Crippen molar-refractivity contribution in [3.05, 3.63) is 29.8 Å². The van der Waals surface area contributed by atoms with Crippen molar-refractivity contribution < 1.29 is 14.9 Å². The lowest BCUT2D eigenvalue weighted by Gasteiger charge is -2.21. The van der Waals surface area contributed by atoms with Crippen molar-refractivity contribution in [1.29, 1.82) is 5.26 Å². The van der Waals surface area contributed by atoms with Crippen LogP contribution in [0, 0.1) is 17.2 Å². The fourth-order valence-electron chi connectivity index (χ4n) is 1.61. The standard InChI is InChI=1S/C15H22N2O3/c1-11(9-18)12(2)17-8-14(19)10-20-15-6-4-3-5-13(15)7-16/h3-6,11-12,14,17-19H,8-10H2,1-2H3. The van der Waals surface area contributed by atoms with Gasteiger partial charge in [0.1, 0.15) is 24.5 Å². The molecule has 0 saturated heterocycles. The van der Waals surface area contributed by atoms with Crippen molar-refractivity contribution in [2.24, 2.45) is 5.92 Å². The van der Waals surface area contributed by atoms with Gasteiger partial charge in [-0.3, -0.25) is 0 Å². The van der Waals surface area contributed by atoms with Crippen LogP contribution in [-0.2, 0) is 0 Å². The van der Waals surface area contributed by atoms with Gasteiger partial charge < -0.3 is 20.3 Å². The number of aliphatic hydroxyl groups is 2. The van der Waals surface area contributed by atoms with Crippen LogP contribution in [0.3, 0.4) is 0 Å². The third-order valence-electron chi connectivity index (χ3n) is 3.26. The highest BCUT2D eigenvalue weighted by molar-refractivity contribution is 5.42. The molecule has 0 heterocycles. The normalized spacial score (nSPS) is 15.2. The Morgan fingerprint density at radius 1 is 1.35 bits per heavy atom. The summed E-state index contributed by atoms with van der Waals surface area (Å²) < 4.78 is 5.45. The first-order valence-electron chi connectivity index (χ1n) is 6.72. The third-order valence-corrected chi connectivity index (χ3v) is 3.26. The largest absolute Gasteiger partial charge is 0.489 e. The molecular formula is C15H22N2O3. The molecule has 0 radical (unpaired) electrons. The van der Waals surface area contributed by atoms with Gasteiger partial charge in [0.15, 0.2) is 0 Å². The van der Waals surface area contributed by atoms with Crippen molar-refractivity contribution in [3.8, 4) is 11.8 Å². The zero-order chi connectivity index (χ0) is 15.0. The summed E-state index contributed by atoms with van der Waals surface area (Å²) in [4.78, 5) is 0. The Kier molecular flexibility index (Phi) is 7.02. The van der Waals surface area contributed by atoms with E-state index in [-0.39, 0.29) is 25.2 Å². The third kappa shape index (κ3) is 5.17. The second-order valence-electron chi connectivity index (χ2n) is 4.93. The first-order valence-corrected chi connectivity index (χ1v) is 6.72. The average Bonchev–Trinajstić information content (AvgIpc) is 2.49. The van der Waals surface area contributed by atoms with E-state index in [2.05, 4.69) is 5.32 Å². The number of para-hydroxylation sites is 1. The predicted octanol–water partition coefficient (Wildman–Crippen LogP) is 0.904. The first-order chi connectivity index (χ1) is 9.58. The molecule has 0 aliphatic heterocycles. The summed E-state index contributed by atoms with van der Waals surface area (Å²) in [6, 6.07) is 9.08. The van der Waals surface area contributed by atoms with Crippen LogP contribution in [0.2, 0.25) is 0 Å². The van der Waals surface area contributed by atoms with Crippen LogP contribution in [-0.4, -0.2) is 42.1 Å². The molecule has 0 bridgehead atoms. The maximum absolute atomic E-state index is 9.84. The monoisotopic (exact) mass is 278 g/mol. The van der Waals surface area contributed by atoms with E-state index < -0.39 is 6.10 Å². The van der Waals surface area contributed by atoms with E-state index in [1.807, 2.05) is 19.9 Å². The topological polar surface area (TPSA) is 85.5 Å². The Labute approximate surface area is 119 Å². The summed E-state index contributed by atoms with van der Waals surface area (Å²) >= 11 is 0. The van der Waals surface area contributed by atoms with Gasteiger partial charge in [-0.1, -0.05) is 19.1 Å². The van der Waals surface area contributed by atoms with Crippen LogP contribution in [0.15, 0.2) is 24.3 Å². The van der Waals surface area contributed by atoms with Crippen molar-refractivity contribution in [3.63, 3.8) is 0 Å². The van der Waals surface area contributed by atoms with E-state index >= 15 is 0 Å². The number of hydrogen-bond donors (Lipinski definition) is 3. The molecule has 3 N–H and O–H groups in total. The first kappa shape index (κ1) is 16.4. The van der Waals surface area contributed by atoms with E-state index in [9.17, 15) is 5.11 Å². The zero-order valence-corrected chi connectivity index (χ0v) is 11.9. The molecule has 0 aromatic heterocycles. The Balaban J connectivity index is 2.37. The molecule has 0 spiro atoms. The molecule has 1 aromatic carbocycles. The van der Waals surface area contributed by atoms with Crippen LogP contribution in [0.25, 0.3) is 0 Å². The number of ether oxygens (including phenoxy) is 1. The Bertz CT molecular complexity index is 445. The summed E-state index contributed by atoms with van der Waals surface area (Å²) in [5, 5.41) is 30.9. The molecule has 5 nitrogen and oxygen atoms in total. The van der Waals surface area contributed by atoms with Gasteiger partial charge in [0, 0.05) is 19.2 Å². The lowest BCUT2D eigenvalue weighted by molar-refractivity contribution is 0.0991. The lowest BCUT2D eigenvalue weighted by atomic mass is 10.1. The summed E-state index contributed by atoms with van der Waals surface area (Å²) in [5.74, 6) is 0.605. The van der Waals surface area contributed by atoms with Crippen molar-refractivity contribution in [2.45, 2.75) is 26.0 Å². The van der Waals surface area contributed by atoms with Gasteiger partial charge in [0.2, 0.25) is 0 Å². The van der Waals surface area contributed by atoms with Crippen LogP contribution in [0.5, 0.6) is 5.75 Å². The van der Waals surface area contributed by atoms with E-state index in [0.717, 1.165) is 0 Å². The molecule has 0 aliphatic carbocycles. The molecule has 1 aromatic rings. The molecule has 1 rings (SSSR count). The SMILES string of the molecule is CC(CO)C(C)NCC(O)COc1ccccc1C#N. The van der Waals surface area contributed by atoms with Crippen molar-refractivity contribution in [1.82, 2.24) is 5.32 Å². The fraction of sp³-hybridized carbons (Fsp3) is 0.533. The maximum atomic E-state index is 9.84. The number of rotatable bonds is 8. The molecule has 3 unspecified atom stereocenters. The van der Waals surface area contributed by atoms with Gasteiger partial charge in [0.25, 0.3) is 0 Å². The maximum Gasteiger partial charge on any atom is 0.137 e. The Hall–Kier alpha value is -1.61. The summed E-state index contributed by atoms with van der Waals surface area (Å²) in [5.41, 5.74) is 0.454. The number of aliphatic hydroxyl groups excluding tert-OH is 2. The summed E-state index contributed by atoms with van der Waals surface area (Å²) in [6.45, 7) is 4.49. The molecule has 3 atom stereocenters. The van der Waals surface area contributed by atoms with Crippen LogP contribution in [0.1, 0.15) is 19.4 Å². The van der Waals surface area contributed by atoms with E-state index in [1.165, 1.54) is 0 Å². The smallest absolute Gasteiger partial charge is 0.137 e. The summed E-state index contributed by atoms with van der Waals surface area (Å²) in [6.07, 6.45) is -0.671. The van der Waals surface area contributed by atoms with Gasteiger partial charge >= 0.3 is 0 Å². The van der Waals surface area contributed by atoms with Crippen molar-refractivity contribution in [2.75, 3.05) is 19.8 Å². The van der Waals surface area contributed by atoms with Crippen LogP contribution < -0.4 is 10.1 Å². The van der Waals surface area contributed by atoms with Crippen LogP contribution >= 0.6 is 0 Å². The zero-order valence-electron chi connectivity index (χ0n) is 11.9. The minimum Gasteiger partial charge on any atom is -0.489 e. The molecule has 0 amide bonds. The minimum atomic E-state index is -0.671. The molecule has 0 fully saturated rings. The minimum absolute atomic E-state index is 0.107. The van der Waals surface area contributed by atoms with E-state index in [0.29, 0.717) is 17.9 Å². The highest BCUT2D eigenvalue weighted by Gasteiger charge is 2.13. The lowest BCUT2D eigenvalue weighted by Crippen LogP contribution is -2.40. The molecule has 20 heavy (non-hydrogen) atoms. The van der Waals surface area contributed by atoms with Crippen LogP contribution in [0.4, 0.5) is 0 Å². The molecule has 110 valence electrons. The highest BCUT2D eigenvalue weighted by Crippen LogP contribution is 2.16. The molecule has 0 aliphatic rings. The van der Waals surface area contributed by atoms with Gasteiger partial charge in [-0.15, -0.1) is 0 Å². The second-order valence-corrected chi connectivity index (χ2v) is 4.93. The van der Waals surface area contributed by atoms with Gasteiger partial charge in [-0.05, 0) is 25.0 Å². The van der Waals surface area contributed by atoms with Gasteiger partial charge in [0.05, 0.1) is 5.56 Å². The summed E-state index contributed by atoms with van der Waals surface area (Å²) in [7, 11) is 0. The molecular weight excluding hydrogens is 256 g/mol. The Morgan fingerprint density at radius 3 is 2.70 bits per heavy atom. The van der Waals surface area contributed by atoms with Gasteiger partial charge in [-0.2, -0.15) is 5.26 Å². The number of nitriles is 1. The Morgan fingerprint density at radius 2 is 2.05 bits per heavy atom. The highest BCUT2D eigenvalue weighted by atomic mass is 16.5. The van der Waals surface area contributed by atoms with E-state index in [1.54, 1.807) is 24.3 Å². The number of benzene rings is 1. The molecule has 0 saturated carbocycles. The van der Waals surface area contributed by atoms with E-state index in [4.69, 9.17) is 15.1 Å². The number of nitrogens with one attached hydrogen (secondary N) is 1. The number of hydrogen-bond acceptors (Lipinski definition) is 5. The quantitative estimate of drug-likeness (QED) is 0.658. The second kappa shape index (κ2) is 8.54. The molecule has 5 heteroatoms.